The van der Waals surface area contributed by atoms with Crippen molar-refractivity contribution in [2.24, 2.45) is 4.99 Å². The van der Waals surface area contributed by atoms with Crippen molar-refractivity contribution in [1.29, 1.82) is 0 Å². The second kappa shape index (κ2) is 17.8. The number of aliphatic imine (C=N–C) groups is 1. The molecule has 1 aromatic rings. The van der Waals surface area contributed by atoms with Crippen LogP contribution in [0.4, 0.5) is 4.39 Å². The summed E-state index contributed by atoms with van der Waals surface area (Å²) >= 11 is 1.72. The lowest BCUT2D eigenvalue weighted by atomic mass is 10.4. The topological polar surface area (TPSA) is 54.9 Å². The van der Waals surface area contributed by atoms with E-state index >= 15 is 0 Å². The molecule has 0 heterocycles. The Morgan fingerprint density at radius 3 is 2.58 bits per heavy atom. The van der Waals surface area contributed by atoms with Crippen LogP contribution >= 0.6 is 35.7 Å². The molecule has 8 heteroatoms. The van der Waals surface area contributed by atoms with Gasteiger partial charge in [-0.2, -0.15) is 0 Å². The molecule has 1 aromatic carbocycles. The van der Waals surface area contributed by atoms with Crippen LogP contribution in [0, 0.1) is 5.82 Å². The summed E-state index contributed by atoms with van der Waals surface area (Å²) in [6.45, 7) is 6.45. The zero-order chi connectivity index (χ0) is 18.2. The van der Waals surface area contributed by atoms with Gasteiger partial charge in [0.05, 0.1) is 13.2 Å². The molecule has 0 unspecified atom stereocenters. The first-order valence-corrected chi connectivity index (χ1v) is 9.72. The highest BCUT2D eigenvalue weighted by atomic mass is 127. The van der Waals surface area contributed by atoms with Gasteiger partial charge < -0.3 is 20.1 Å². The average Bonchev–Trinajstić information content (AvgIpc) is 2.62. The highest BCUT2D eigenvalue weighted by molar-refractivity contribution is 14.0. The molecule has 0 saturated heterocycles. The molecule has 150 valence electrons. The molecule has 1 rings (SSSR count). The van der Waals surface area contributed by atoms with E-state index < -0.39 is 0 Å². The zero-order valence-electron chi connectivity index (χ0n) is 15.6. The summed E-state index contributed by atoms with van der Waals surface area (Å²) in [6, 6.07) is 6.60. The number of ether oxygens (including phenoxy) is 2. The number of methoxy groups -OCH3 is 1. The molecule has 0 bridgehead atoms. The predicted octanol–water partition coefficient (Wildman–Crippen LogP) is 3.53. The molecule has 0 atom stereocenters. The Labute approximate surface area is 177 Å². The van der Waals surface area contributed by atoms with Crippen molar-refractivity contribution < 1.29 is 13.9 Å². The quantitative estimate of drug-likeness (QED) is 0.143. The van der Waals surface area contributed by atoms with Crippen LogP contribution in [0.3, 0.4) is 0 Å². The van der Waals surface area contributed by atoms with E-state index in [0.29, 0.717) is 19.8 Å². The van der Waals surface area contributed by atoms with Crippen LogP contribution in [-0.4, -0.2) is 58.3 Å². The highest BCUT2D eigenvalue weighted by Crippen LogP contribution is 2.18. The van der Waals surface area contributed by atoms with E-state index in [1.807, 2.05) is 12.1 Å². The summed E-state index contributed by atoms with van der Waals surface area (Å²) in [5, 5.41) is 6.54. The largest absolute Gasteiger partial charge is 0.382 e. The minimum atomic E-state index is -0.195. The van der Waals surface area contributed by atoms with Gasteiger partial charge in [-0.25, -0.2) is 4.39 Å². The van der Waals surface area contributed by atoms with Gasteiger partial charge in [0.2, 0.25) is 0 Å². The number of halogens is 2. The van der Waals surface area contributed by atoms with Gasteiger partial charge in [-0.1, -0.05) is 0 Å². The Bertz CT molecular complexity index is 478. The normalized spacial score (nSPS) is 11.1. The van der Waals surface area contributed by atoms with Gasteiger partial charge in [-0.3, -0.25) is 4.99 Å². The third-order valence-corrected chi connectivity index (χ3v) is 4.29. The molecule has 0 saturated carbocycles. The van der Waals surface area contributed by atoms with Crippen LogP contribution in [-0.2, 0) is 9.47 Å². The van der Waals surface area contributed by atoms with Crippen LogP contribution in [0.15, 0.2) is 34.2 Å². The summed E-state index contributed by atoms with van der Waals surface area (Å²) in [5.74, 6) is 1.60. The fourth-order valence-electron chi connectivity index (χ4n) is 1.94. The minimum absolute atomic E-state index is 0. The van der Waals surface area contributed by atoms with Crippen molar-refractivity contribution in [3.05, 3.63) is 30.1 Å². The number of thioether (sulfide) groups is 1. The summed E-state index contributed by atoms with van der Waals surface area (Å²) in [6.07, 6.45) is 1.90. The smallest absolute Gasteiger partial charge is 0.191 e. The number of nitrogens with one attached hydrogen (secondary N) is 2. The molecular weight excluding hydrogens is 468 g/mol. The van der Waals surface area contributed by atoms with Crippen molar-refractivity contribution in [2.45, 2.75) is 24.7 Å². The van der Waals surface area contributed by atoms with E-state index in [-0.39, 0.29) is 29.8 Å². The van der Waals surface area contributed by atoms with Crippen molar-refractivity contribution >= 4 is 41.7 Å². The summed E-state index contributed by atoms with van der Waals surface area (Å²) in [7, 11) is 1.67. The third kappa shape index (κ3) is 13.6. The molecule has 2 N–H and O–H groups in total. The van der Waals surface area contributed by atoms with Crippen LogP contribution in [0.25, 0.3) is 0 Å². The first-order valence-electron chi connectivity index (χ1n) is 8.73. The van der Waals surface area contributed by atoms with Gasteiger partial charge in [-0.15, -0.1) is 35.7 Å². The SMILES string of the molecule is CCNC(=NCCCSc1ccc(F)cc1)NCCCOCCOC.I. The molecule has 26 heavy (non-hydrogen) atoms. The first-order chi connectivity index (χ1) is 12.3. The Balaban J connectivity index is 0.00000625. The lowest BCUT2D eigenvalue weighted by molar-refractivity contribution is 0.0698. The molecular formula is C18H31FIN3O2S. The molecule has 0 aliphatic carbocycles. The maximum Gasteiger partial charge on any atom is 0.191 e. The van der Waals surface area contributed by atoms with Crippen LogP contribution in [0.2, 0.25) is 0 Å². The first kappa shape index (κ1) is 25.4. The van der Waals surface area contributed by atoms with Gasteiger partial charge >= 0.3 is 0 Å². The lowest BCUT2D eigenvalue weighted by Crippen LogP contribution is -2.38. The molecule has 0 aromatic heterocycles. The van der Waals surface area contributed by atoms with Crippen LogP contribution < -0.4 is 10.6 Å². The maximum atomic E-state index is 12.8. The van der Waals surface area contributed by atoms with Crippen molar-refractivity contribution in [3.8, 4) is 0 Å². The van der Waals surface area contributed by atoms with Gasteiger partial charge in [0.1, 0.15) is 5.82 Å². The van der Waals surface area contributed by atoms with Crippen molar-refractivity contribution in [2.75, 3.05) is 52.3 Å². The highest BCUT2D eigenvalue weighted by Gasteiger charge is 1.98. The maximum absolute atomic E-state index is 12.8. The lowest BCUT2D eigenvalue weighted by Gasteiger charge is -2.11. The summed E-state index contributed by atoms with van der Waals surface area (Å²) < 4.78 is 23.2. The molecule has 0 amide bonds. The van der Waals surface area contributed by atoms with Crippen molar-refractivity contribution in [3.63, 3.8) is 0 Å². The number of guanidine groups is 1. The minimum Gasteiger partial charge on any atom is -0.382 e. The number of rotatable bonds is 13. The second-order valence-corrected chi connectivity index (χ2v) is 6.47. The van der Waals surface area contributed by atoms with E-state index in [0.717, 1.165) is 49.1 Å². The number of benzene rings is 1. The van der Waals surface area contributed by atoms with E-state index in [4.69, 9.17) is 9.47 Å². The standard InChI is InChI=1S/C18H30FN3O2S.HI/c1-3-20-18(21-10-4-12-24-14-13-23-2)22-11-5-15-25-17-8-6-16(19)7-9-17;/h6-9H,3-5,10-15H2,1-2H3,(H2,20,21,22);1H. The van der Waals surface area contributed by atoms with Gasteiger partial charge in [0.25, 0.3) is 0 Å². The molecule has 5 nitrogen and oxygen atoms in total. The molecule has 0 aliphatic rings. The summed E-state index contributed by atoms with van der Waals surface area (Å²) in [5.41, 5.74) is 0. The molecule has 0 fully saturated rings. The Kier molecular flexibility index (Phi) is 17.4. The van der Waals surface area contributed by atoms with Gasteiger partial charge in [0.15, 0.2) is 5.96 Å². The van der Waals surface area contributed by atoms with Gasteiger partial charge in [0, 0.05) is 38.2 Å². The summed E-state index contributed by atoms with van der Waals surface area (Å²) in [4.78, 5) is 5.65. The number of hydrogen-bond donors (Lipinski definition) is 2. The van der Waals surface area contributed by atoms with Gasteiger partial charge in [-0.05, 0) is 49.8 Å². The molecule has 0 radical (unpaired) electrons. The molecule has 0 aliphatic heterocycles. The van der Waals surface area contributed by atoms with Crippen molar-refractivity contribution in [1.82, 2.24) is 10.6 Å². The second-order valence-electron chi connectivity index (χ2n) is 5.30. The Hall–Kier alpha value is -0.580. The number of hydrogen-bond acceptors (Lipinski definition) is 4. The van der Waals surface area contributed by atoms with E-state index in [1.54, 1.807) is 18.9 Å². The van der Waals surface area contributed by atoms with E-state index in [9.17, 15) is 4.39 Å². The monoisotopic (exact) mass is 499 g/mol. The zero-order valence-corrected chi connectivity index (χ0v) is 18.8. The third-order valence-electron chi connectivity index (χ3n) is 3.19. The number of nitrogens with zero attached hydrogens (tertiary/aromatic N) is 1. The predicted molar refractivity (Wildman–Crippen MR) is 118 cm³/mol. The Morgan fingerprint density at radius 2 is 1.88 bits per heavy atom. The van der Waals surface area contributed by atoms with Crippen LogP contribution in [0.5, 0.6) is 0 Å². The van der Waals surface area contributed by atoms with E-state index in [2.05, 4.69) is 22.5 Å². The average molecular weight is 499 g/mol. The fourth-order valence-corrected chi connectivity index (χ4v) is 2.78. The van der Waals surface area contributed by atoms with Crippen LogP contribution in [0.1, 0.15) is 19.8 Å². The molecule has 0 spiro atoms. The Morgan fingerprint density at radius 1 is 1.12 bits per heavy atom. The van der Waals surface area contributed by atoms with E-state index in [1.165, 1.54) is 12.1 Å². The fraction of sp³-hybridized carbons (Fsp3) is 0.611.